The molecule has 9 heteroatoms. The zero-order valence-electron chi connectivity index (χ0n) is 10.4. The average Bonchev–Trinajstić information content (AvgIpc) is 2.98. The second kappa shape index (κ2) is 4.78. The van der Waals surface area contributed by atoms with Gasteiger partial charge < -0.3 is 10.2 Å². The number of halogens is 6. The lowest BCUT2D eigenvalue weighted by Gasteiger charge is -2.35. The molecule has 0 radical (unpaired) electrons. The third kappa shape index (κ3) is 2.87. The van der Waals surface area contributed by atoms with Crippen molar-refractivity contribution in [3.05, 3.63) is 0 Å². The van der Waals surface area contributed by atoms with Crippen LogP contribution in [0.25, 0.3) is 0 Å². The molecule has 0 bridgehead atoms. The van der Waals surface area contributed by atoms with E-state index in [1.165, 1.54) is 0 Å². The molecule has 0 spiro atoms. The van der Waals surface area contributed by atoms with E-state index in [1.54, 1.807) is 0 Å². The minimum Gasteiger partial charge on any atom is -0.330 e. The Labute approximate surface area is 111 Å². The van der Waals surface area contributed by atoms with Gasteiger partial charge in [-0.3, -0.25) is 4.79 Å². The number of hydrogen-bond acceptors (Lipinski definition) is 2. The summed E-state index contributed by atoms with van der Waals surface area (Å²) in [5.74, 6) is -1.45. The minimum atomic E-state index is -4.85. The van der Waals surface area contributed by atoms with E-state index in [0.29, 0.717) is 17.7 Å². The molecule has 116 valence electrons. The van der Waals surface area contributed by atoms with Crippen LogP contribution in [-0.2, 0) is 4.79 Å². The van der Waals surface area contributed by atoms with Gasteiger partial charge in [0.25, 0.3) is 0 Å². The Morgan fingerprint density at radius 3 is 2.15 bits per heavy atom. The standard InChI is InChI=1S/C11H14F6N2O/c12-10(13,14)6-19(7-1-2-7)8(20)9(11(15,16)17)3-4-18-5-9/h7,18H,1-6H2. The van der Waals surface area contributed by atoms with Gasteiger partial charge in [0, 0.05) is 12.6 Å². The van der Waals surface area contributed by atoms with Gasteiger partial charge in [-0.1, -0.05) is 0 Å². The molecule has 2 fully saturated rings. The summed E-state index contributed by atoms with van der Waals surface area (Å²) in [7, 11) is 0. The van der Waals surface area contributed by atoms with E-state index in [0.717, 1.165) is 0 Å². The second-order valence-electron chi connectivity index (χ2n) is 5.29. The lowest BCUT2D eigenvalue weighted by Crippen LogP contribution is -2.55. The van der Waals surface area contributed by atoms with Gasteiger partial charge in [0.2, 0.25) is 5.91 Å². The molecule has 0 aromatic heterocycles. The normalized spacial score (nSPS) is 27.7. The lowest BCUT2D eigenvalue weighted by molar-refractivity contribution is -0.227. The van der Waals surface area contributed by atoms with Gasteiger partial charge in [0.05, 0.1) is 0 Å². The summed E-state index contributed by atoms with van der Waals surface area (Å²) in [6.45, 7) is -2.31. The van der Waals surface area contributed by atoms with Crippen LogP contribution in [-0.4, -0.2) is 48.8 Å². The molecule has 2 rings (SSSR count). The number of alkyl halides is 6. The molecule has 0 aromatic carbocycles. The highest BCUT2D eigenvalue weighted by Gasteiger charge is 2.64. The first-order chi connectivity index (χ1) is 9.07. The number of carbonyl (C=O) groups is 1. The molecular weight excluding hydrogens is 290 g/mol. The lowest BCUT2D eigenvalue weighted by atomic mass is 9.84. The number of nitrogens with zero attached hydrogens (tertiary/aromatic N) is 1. The van der Waals surface area contributed by atoms with E-state index in [4.69, 9.17) is 0 Å². The van der Waals surface area contributed by atoms with Crippen molar-refractivity contribution in [1.82, 2.24) is 10.2 Å². The number of nitrogens with one attached hydrogen (secondary N) is 1. The van der Waals surface area contributed by atoms with E-state index in [1.807, 2.05) is 0 Å². The van der Waals surface area contributed by atoms with Crippen molar-refractivity contribution >= 4 is 5.91 Å². The van der Waals surface area contributed by atoms with E-state index >= 15 is 0 Å². The fraction of sp³-hybridized carbons (Fsp3) is 0.909. The first-order valence-corrected chi connectivity index (χ1v) is 6.22. The summed E-state index contributed by atoms with van der Waals surface area (Å²) in [6.07, 6.45) is -9.42. The summed E-state index contributed by atoms with van der Waals surface area (Å²) in [5.41, 5.74) is -2.72. The number of hydrogen-bond donors (Lipinski definition) is 1. The summed E-state index contributed by atoms with van der Waals surface area (Å²) in [6, 6.07) is -0.719. The van der Waals surface area contributed by atoms with Crippen molar-refractivity contribution < 1.29 is 31.1 Å². The van der Waals surface area contributed by atoms with Crippen LogP contribution in [0.15, 0.2) is 0 Å². The molecule has 2 aliphatic rings. The predicted octanol–water partition coefficient (Wildman–Crippen LogP) is 2.08. The van der Waals surface area contributed by atoms with Crippen molar-refractivity contribution in [2.75, 3.05) is 19.6 Å². The van der Waals surface area contributed by atoms with Gasteiger partial charge in [-0.15, -0.1) is 0 Å². The molecule has 1 aliphatic carbocycles. The number of amides is 1. The highest BCUT2D eigenvalue weighted by molar-refractivity contribution is 5.85. The Hall–Kier alpha value is -0.990. The summed E-state index contributed by atoms with van der Waals surface area (Å²) in [4.78, 5) is 12.5. The highest BCUT2D eigenvalue weighted by atomic mass is 19.4. The summed E-state index contributed by atoms with van der Waals surface area (Å²) >= 11 is 0. The smallest absolute Gasteiger partial charge is 0.330 e. The van der Waals surface area contributed by atoms with Crippen molar-refractivity contribution in [2.45, 2.75) is 37.7 Å². The van der Waals surface area contributed by atoms with Gasteiger partial charge in [-0.2, -0.15) is 26.3 Å². The van der Waals surface area contributed by atoms with Gasteiger partial charge in [-0.25, -0.2) is 0 Å². The molecule has 1 saturated carbocycles. The molecule has 1 unspecified atom stereocenters. The van der Waals surface area contributed by atoms with Gasteiger partial charge in [-0.05, 0) is 25.8 Å². The Morgan fingerprint density at radius 1 is 1.20 bits per heavy atom. The maximum absolute atomic E-state index is 13.2. The molecule has 0 aromatic rings. The summed E-state index contributed by atoms with van der Waals surface area (Å²) < 4.78 is 76.9. The second-order valence-corrected chi connectivity index (χ2v) is 5.29. The molecular formula is C11H14F6N2O. The molecule has 1 heterocycles. The third-order valence-electron chi connectivity index (χ3n) is 3.71. The quantitative estimate of drug-likeness (QED) is 0.810. The van der Waals surface area contributed by atoms with Gasteiger partial charge in [0.15, 0.2) is 5.41 Å². The maximum Gasteiger partial charge on any atom is 0.406 e. The molecule has 1 saturated heterocycles. The molecule has 1 aliphatic heterocycles. The van der Waals surface area contributed by atoms with E-state index in [9.17, 15) is 31.1 Å². The third-order valence-corrected chi connectivity index (χ3v) is 3.71. The van der Waals surface area contributed by atoms with E-state index < -0.39 is 49.2 Å². The van der Waals surface area contributed by atoms with Crippen LogP contribution in [0.5, 0.6) is 0 Å². The summed E-state index contributed by atoms with van der Waals surface area (Å²) in [5, 5.41) is 2.43. The average molecular weight is 304 g/mol. The Morgan fingerprint density at radius 2 is 1.80 bits per heavy atom. The number of carbonyl (C=O) groups excluding carboxylic acids is 1. The minimum absolute atomic E-state index is 0.0320. The molecule has 1 atom stereocenters. The monoisotopic (exact) mass is 304 g/mol. The van der Waals surface area contributed by atoms with E-state index in [-0.39, 0.29) is 6.54 Å². The van der Waals surface area contributed by atoms with Crippen molar-refractivity contribution in [3.63, 3.8) is 0 Å². The topological polar surface area (TPSA) is 32.3 Å². The van der Waals surface area contributed by atoms with Crippen molar-refractivity contribution in [1.29, 1.82) is 0 Å². The van der Waals surface area contributed by atoms with Crippen molar-refractivity contribution in [3.8, 4) is 0 Å². The predicted molar refractivity (Wildman–Crippen MR) is 56.8 cm³/mol. The largest absolute Gasteiger partial charge is 0.406 e. The fourth-order valence-corrected chi connectivity index (χ4v) is 2.46. The molecule has 3 nitrogen and oxygen atoms in total. The SMILES string of the molecule is O=C(N(CC(F)(F)F)C1CC1)C1(C(F)(F)F)CCNC1. The Bertz CT molecular complexity index is 381. The van der Waals surface area contributed by atoms with Crippen LogP contribution in [0.2, 0.25) is 0 Å². The Balaban J connectivity index is 2.25. The zero-order valence-corrected chi connectivity index (χ0v) is 10.4. The van der Waals surface area contributed by atoms with Crippen LogP contribution in [0.3, 0.4) is 0 Å². The molecule has 1 N–H and O–H groups in total. The van der Waals surface area contributed by atoms with Crippen molar-refractivity contribution in [2.24, 2.45) is 5.41 Å². The first-order valence-electron chi connectivity index (χ1n) is 6.22. The Kier molecular flexibility index (Phi) is 3.68. The molecule has 1 amide bonds. The maximum atomic E-state index is 13.2. The zero-order chi connectivity index (χ0) is 15.2. The molecule has 20 heavy (non-hydrogen) atoms. The van der Waals surface area contributed by atoms with Crippen LogP contribution >= 0.6 is 0 Å². The van der Waals surface area contributed by atoms with Crippen LogP contribution in [0.4, 0.5) is 26.3 Å². The highest BCUT2D eigenvalue weighted by Crippen LogP contribution is 2.46. The first kappa shape index (κ1) is 15.4. The number of rotatable bonds is 3. The van der Waals surface area contributed by atoms with Crippen LogP contribution < -0.4 is 5.32 Å². The van der Waals surface area contributed by atoms with Gasteiger partial charge in [0.1, 0.15) is 6.54 Å². The van der Waals surface area contributed by atoms with E-state index in [2.05, 4.69) is 5.32 Å². The van der Waals surface area contributed by atoms with Gasteiger partial charge >= 0.3 is 12.4 Å². The van der Waals surface area contributed by atoms with Crippen LogP contribution in [0, 0.1) is 5.41 Å². The fourth-order valence-electron chi connectivity index (χ4n) is 2.46. The van der Waals surface area contributed by atoms with Crippen LogP contribution in [0.1, 0.15) is 19.3 Å².